The topological polar surface area (TPSA) is 104 Å². The monoisotopic (exact) mass is 529 g/mol. The Morgan fingerprint density at radius 3 is 2.64 bits per heavy atom. The highest BCUT2D eigenvalue weighted by molar-refractivity contribution is 7.17. The summed E-state index contributed by atoms with van der Waals surface area (Å²) in [5, 5.41) is 3.72. The normalized spacial score (nSPS) is 13.9. The molecule has 0 bridgehead atoms. The summed E-state index contributed by atoms with van der Waals surface area (Å²) in [4.78, 5) is 42.5. The van der Waals surface area contributed by atoms with E-state index in [1.54, 1.807) is 6.07 Å². The molecule has 0 radical (unpaired) electrons. The van der Waals surface area contributed by atoms with E-state index in [2.05, 4.69) is 30.1 Å². The van der Waals surface area contributed by atoms with Gasteiger partial charge in [-0.05, 0) is 25.5 Å². The summed E-state index contributed by atoms with van der Waals surface area (Å²) in [5.41, 5.74) is 1.53. The van der Waals surface area contributed by atoms with Gasteiger partial charge in [-0.25, -0.2) is 19.4 Å². The van der Waals surface area contributed by atoms with Gasteiger partial charge in [0.05, 0.1) is 25.4 Å². The van der Waals surface area contributed by atoms with Crippen molar-refractivity contribution < 1.29 is 14.3 Å². The number of ether oxygens (including phenoxy) is 1. The van der Waals surface area contributed by atoms with Crippen LogP contribution >= 0.6 is 23.1 Å². The summed E-state index contributed by atoms with van der Waals surface area (Å²) in [7, 11) is 1.41. The lowest BCUT2D eigenvalue weighted by Crippen LogP contribution is -2.47. The van der Waals surface area contributed by atoms with E-state index >= 15 is 0 Å². The van der Waals surface area contributed by atoms with Crippen LogP contribution in [0.25, 0.3) is 0 Å². The number of anilines is 4. The van der Waals surface area contributed by atoms with E-state index in [1.807, 2.05) is 38.1 Å². The molecule has 10 nitrogen and oxygen atoms in total. The van der Waals surface area contributed by atoms with Gasteiger partial charge in [0.2, 0.25) is 0 Å². The average Bonchev–Trinajstić information content (AvgIpc) is 3.35. The van der Waals surface area contributed by atoms with E-state index < -0.39 is 0 Å². The van der Waals surface area contributed by atoms with Crippen molar-refractivity contribution >= 4 is 57.4 Å². The quantitative estimate of drug-likeness (QED) is 0.345. The van der Waals surface area contributed by atoms with E-state index in [0.717, 1.165) is 42.0 Å². The minimum atomic E-state index is -0.346. The molecule has 1 aliphatic heterocycles. The Morgan fingerprint density at radius 1 is 1.17 bits per heavy atom. The molecule has 4 rings (SSSR count). The first-order valence-electron chi connectivity index (χ1n) is 11.5. The van der Waals surface area contributed by atoms with Crippen LogP contribution in [-0.2, 0) is 9.53 Å². The summed E-state index contributed by atoms with van der Waals surface area (Å²) in [5.74, 6) is 1.50. The Balaban J connectivity index is 1.39. The van der Waals surface area contributed by atoms with Crippen LogP contribution < -0.4 is 14.6 Å². The molecule has 3 heterocycles. The Hall–Kier alpha value is -3.28. The van der Waals surface area contributed by atoms with Gasteiger partial charge >= 0.3 is 5.97 Å². The smallest absolute Gasteiger partial charge is 0.306 e. The fourth-order valence-corrected chi connectivity index (χ4v) is 4.94. The molecule has 2 aromatic heterocycles. The van der Waals surface area contributed by atoms with Crippen molar-refractivity contribution in [3.8, 4) is 0 Å². The predicted molar refractivity (Wildman–Crippen MR) is 141 cm³/mol. The number of aryl methyl sites for hydroxylation is 2. The molecule has 1 amide bonds. The molecule has 1 saturated heterocycles. The van der Waals surface area contributed by atoms with Crippen LogP contribution in [0.1, 0.15) is 27.5 Å². The highest BCUT2D eigenvalue weighted by Crippen LogP contribution is 2.28. The largest absolute Gasteiger partial charge is 0.469 e. The molecule has 12 heteroatoms. The molecule has 3 aromatic rings. The second-order valence-corrected chi connectivity index (χ2v) is 9.71. The van der Waals surface area contributed by atoms with Crippen molar-refractivity contribution in [2.24, 2.45) is 0 Å². The summed E-state index contributed by atoms with van der Waals surface area (Å²) < 4.78 is 5.84. The molecule has 0 atom stereocenters. The summed E-state index contributed by atoms with van der Waals surface area (Å²) in [6, 6.07) is 9.30. The molecule has 1 aromatic carbocycles. The zero-order valence-electron chi connectivity index (χ0n) is 20.4. The van der Waals surface area contributed by atoms with Gasteiger partial charge in [0.25, 0.3) is 5.91 Å². The van der Waals surface area contributed by atoms with Crippen molar-refractivity contribution in [1.29, 1.82) is 0 Å². The molecule has 0 aliphatic carbocycles. The van der Waals surface area contributed by atoms with Crippen LogP contribution in [0.2, 0.25) is 0 Å². The van der Waals surface area contributed by atoms with Crippen LogP contribution in [0.5, 0.6) is 0 Å². The number of carbonyl (C=O) groups is 2. The Labute approximate surface area is 219 Å². The molecule has 190 valence electrons. The van der Waals surface area contributed by atoms with Crippen molar-refractivity contribution in [3.05, 3.63) is 52.8 Å². The molecule has 1 N–H and O–H groups in total. The number of nitrogens with zero attached hydrogens (tertiary/aromatic N) is 6. The lowest BCUT2D eigenvalue weighted by molar-refractivity contribution is -0.141. The SMILES string of the molecule is COC(=O)CCN1CCN(c2cc(Nc3ncc(C(=O)N(Cl)c4ccccc4C)s3)nc(C)n2)CC1. The fourth-order valence-electron chi connectivity index (χ4n) is 3.86. The number of para-hydroxylation sites is 1. The second-order valence-electron chi connectivity index (χ2n) is 8.34. The second kappa shape index (κ2) is 11.6. The van der Waals surface area contributed by atoms with Crippen molar-refractivity contribution in [2.45, 2.75) is 20.3 Å². The number of hydrogen-bond donors (Lipinski definition) is 1. The van der Waals surface area contributed by atoms with Gasteiger partial charge in [0, 0.05) is 50.6 Å². The molecule has 1 aliphatic rings. The first-order chi connectivity index (χ1) is 17.3. The Bertz CT molecular complexity index is 1230. The number of carbonyl (C=O) groups excluding carboxylic acids is 2. The van der Waals surface area contributed by atoms with Gasteiger partial charge in [-0.1, -0.05) is 29.5 Å². The number of methoxy groups -OCH3 is 1. The highest BCUT2D eigenvalue weighted by atomic mass is 35.5. The number of benzene rings is 1. The number of piperazine rings is 1. The van der Waals surface area contributed by atoms with Crippen molar-refractivity contribution in [2.75, 3.05) is 54.5 Å². The first-order valence-corrected chi connectivity index (χ1v) is 12.7. The number of aromatic nitrogens is 3. The van der Waals surface area contributed by atoms with Crippen LogP contribution in [0.15, 0.2) is 36.5 Å². The van der Waals surface area contributed by atoms with Crippen molar-refractivity contribution in [1.82, 2.24) is 19.9 Å². The maximum atomic E-state index is 12.9. The number of thiazole rings is 1. The van der Waals surface area contributed by atoms with Gasteiger partial charge in [0.1, 0.15) is 22.3 Å². The number of halogens is 1. The number of rotatable bonds is 8. The van der Waals surface area contributed by atoms with Crippen LogP contribution in [-0.4, -0.2) is 71.6 Å². The van der Waals surface area contributed by atoms with Gasteiger partial charge in [0.15, 0.2) is 5.13 Å². The molecule has 1 fully saturated rings. The number of amides is 1. The number of nitrogens with one attached hydrogen (secondary N) is 1. The average molecular weight is 530 g/mol. The third-order valence-corrected chi connectivity index (χ3v) is 7.07. The van der Waals surface area contributed by atoms with E-state index in [-0.39, 0.29) is 11.9 Å². The van der Waals surface area contributed by atoms with Crippen LogP contribution in [0, 0.1) is 13.8 Å². The van der Waals surface area contributed by atoms with Gasteiger partial charge < -0.3 is 15.0 Å². The summed E-state index contributed by atoms with van der Waals surface area (Å²) >= 11 is 7.54. The Morgan fingerprint density at radius 2 is 1.92 bits per heavy atom. The molecule has 0 spiro atoms. The number of hydrogen-bond acceptors (Lipinski definition) is 10. The number of esters is 1. The summed E-state index contributed by atoms with van der Waals surface area (Å²) in [6.45, 7) is 7.66. The maximum absolute atomic E-state index is 12.9. The third-order valence-electron chi connectivity index (χ3n) is 5.84. The lowest BCUT2D eigenvalue weighted by atomic mass is 10.2. The zero-order chi connectivity index (χ0) is 25.7. The van der Waals surface area contributed by atoms with Crippen LogP contribution in [0.3, 0.4) is 0 Å². The van der Waals surface area contributed by atoms with Gasteiger partial charge in [-0.3, -0.25) is 14.5 Å². The van der Waals surface area contributed by atoms with Crippen molar-refractivity contribution in [3.63, 3.8) is 0 Å². The third kappa shape index (κ3) is 6.28. The minimum Gasteiger partial charge on any atom is -0.469 e. The maximum Gasteiger partial charge on any atom is 0.306 e. The molecule has 36 heavy (non-hydrogen) atoms. The molecular formula is C24H28ClN7O3S. The molecule has 0 unspecified atom stereocenters. The Kier molecular flexibility index (Phi) is 8.34. The van der Waals surface area contributed by atoms with Gasteiger partial charge in [-0.2, -0.15) is 0 Å². The molecular weight excluding hydrogens is 502 g/mol. The minimum absolute atomic E-state index is 0.194. The molecule has 0 saturated carbocycles. The van der Waals surface area contributed by atoms with E-state index in [1.165, 1.54) is 24.6 Å². The summed E-state index contributed by atoms with van der Waals surface area (Å²) in [6.07, 6.45) is 1.90. The zero-order valence-corrected chi connectivity index (χ0v) is 22.0. The first kappa shape index (κ1) is 25.8. The lowest BCUT2D eigenvalue weighted by Gasteiger charge is -2.35. The van der Waals surface area contributed by atoms with E-state index in [9.17, 15) is 9.59 Å². The van der Waals surface area contributed by atoms with Gasteiger partial charge in [-0.15, -0.1) is 0 Å². The predicted octanol–water partition coefficient (Wildman–Crippen LogP) is 3.78. The standard InChI is InChI=1S/C24H28ClN7O3S/c1-16-6-4-5-7-18(16)32(25)23(34)19-15-26-24(36-19)29-20-14-21(28-17(2)27-20)31-12-10-30(11-13-31)9-8-22(33)35-3/h4-7,14-15H,8-13H2,1-3H3,(H,26,27,28,29). The van der Waals surface area contributed by atoms with Crippen LogP contribution in [0.4, 0.5) is 22.5 Å². The highest BCUT2D eigenvalue weighted by Gasteiger charge is 2.22. The van der Waals surface area contributed by atoms with E-state index in [0.29, 0.717) is 40.3 Å². The van der Waals surface area contributed by atoms with E-state index in [4.69, 9.17) is 16.5 Å². The fraction of sp³-hybridized carbons (Fsp3) is 0.375.